The minimum Gasteiger partial charge on any atom is -0.508 e. The molecule has 37 heavy (non-hydrogen) atoms. The van der Waals surface area contributed by atoms with E-state index in [4.69, 9.17) is 10.8 Å². The predicted octanol–water partition coefficient (Wildman–Crippen LogP) is 0.0749. The van der Waals surface area contributed by atoms with Crippen LogP contribution in [0.2, 0.25) is 0 Å². The van der Waals surface area contributed by atoms with Gasteiger partial charge in [0.2, 0.25) is 17.7 Å². The molecule has 0 heterocycles. The number of rotatable bonds is 16. The van der Waals surface area contributed by atoms with E-state index in [9.17, 15) is 34.2 Å². The van der Waals surface area contributed by atoms with E-state index in [0.717, 1.165) is 0 Å². The van der Waals surface area contributed by atoms with Gasteiger partial charge in [-0.3, -0.25) is 19.2 Å². The lowest BCUT2D eigenvalue weighted by Gasteiger charge is -2.27. The normalized spacial score (nSPS) is 14.2. The van der Waals surface area contributed by atoms with E-state index < -0.39 is 66.2 Å². The summed E-state index contributed by atoms with van der Waals surface area (Å²) in [6, 6.07) is 1.21. The standard InChI is InChI=1S/C24H36N4O8S/c1-13(2)20(23(34)27-18(24(35)36)12-14-4-6-15(29)7-5-14)28-22(33)17(8-9-19(30)31)26-21(32)16(25)10-11-37-3/h4-7,13,16-18,20,29H,8-12,25H2,1-3H3,(H,26,32)(H,27,34)(H,28,33)(H,30,31)(H,35,36). The van der Waals surface area contributed by atoms with E-state index in [-0.39, 0.29) is 18.6 Å². The number of amides is 3. The molecule has 4 unspecified atom stereocenters. The second-order valence-electron chi connectivity index (χ2n) is 8.88. The van der Waals surface area contributed by atoms with Crippen LogP contribution in [0.1, 0.15) is 38.7 Å². The second-order valence-corrected chi connectivity index (χ2v) is 9.87. The van der Waals surface area contributed by atoms with Gasteiger partial charge in [-0.05, 0) is 48.5 Å². The number of benzene rings is 1. The van der Waals surface area contributed by atoms with Gasteiger partial charge in [-0.25, -0.2) is 4.79 Å². The van der Waals surface area contributed by atoms with Crippen molar-refractivity contribution in [1.29, 1.82) is 0 Å². The predicted molar refractivity (Wildman–Crippen MR) is 138 cm³/mol. The van der Waals surface area contributed by atoms with Gasteiger partial charge in [-0.15, -0.1) is 0 Å². The first kappa shape index (κ1) is 31.7. The van der Waals surface area contributed by atoms with Crippen molar-refractivity contribution in [2.24, 2.45) is 11.7 Å². The number of nitrogens with one attached hydrogen (secondary N) is 3. The summed E-state index contributed by atoms with van der Waals surface area (Å²) in [5.41, 5.74) is 6.41. The van der Waals surface area contributed by atoms with Crippen molar-refractivity contribution >= 4 is 41.4 Å². The Hall–Kier alpha value is -3.32. The third-order valence-electron chi connectivity index (χ3n) is 5.49. The third kappa shape index (κ3) is 11.5. The monoisotopic (exact) mass is 540 g/mol. The Morgan fingerprint density at radius 1 is 0.892 bits per heavy atom. The number of carboxylic acid groups (broad SMARTS) is 2. The average Bonchev–Trinajstić information content (AvgIpc) is 2.83. The maximum Gasteiger partial charge on any atom is 0.326 e. The first-order valence-electron chi connectivity index (χ1n) is 11.7. The molecule has 0 spiro atoms. The summed E-state index contributed by atoms with van der Waals surface area (Å²) < 4.78 is 0. The Kier molecular flexibility index (Phi) is 13.5. The summed E-state index contributed by atoms with van der Waals surface area (Å²) in [6.45, 7) is 3.28. The van der Waals surface area contributed by atoms with Crippen molar-refractivity contribution in [3.8, 4) is 5.75 Å². The molecule has 1 aromatic carbocycles. The number of thioether (sulfide) groups is 1. The summed E-state index contributed by atoms with van der Waals surface area (Å²) in [4.78, 5) is 61.3. The van der Waals surface area contributed by atoms with E-state index in [1.807, 2.05) is 6.26 Å². The quantitative estimate of drug-likeness (QED) is 0.150. The van der Waals surface area contributed by atoms with Gasteiger partial charge in [-0.1, -0.05) is 26.0 Å². The van der Waals surface area contributed by atoms with Crippen molar-refractivity contribution in [3.05, 3.63) is 29.8 Å². The van der Waals surface area contributed by atoms with E-state index >= 15 is 0 Å². The molecule has 0 saturated carbocycles. The maximum absolute atomic E-state index is 13.0. The number of phenolic OH excluding ortho intramolecular Hbond substituents is 1. The molecule has 0 aromatic heterocycles. The van der Waals surface area contributed by atoms with Crippen molar-refractivity contribution in [1.82, 2.24) is 16.0 Å². The van der Waals surface area contributed by atoms with Crippen molar-refractivity contribution in [2.75, 3.05) is 12.0 Å². The van der Waals surface area contributed by atoms with Crippen LogP contribution in [0.3, 0.4) is 0 Å². The number of nitrogens with two attached hydrogens (primary N) is 1. The second kappa shape index (κ2) is 15.7. The van der Waals surface area contributed by atoms with Gasteiger partial charge >= 0.3 is 11.9 Å². The summed E-state index contributed by atoms with van der Waals surface area (Å²) in [5.74, 6) is -4.46. The van der Waals surface area contributed by atoms with Crippen molar-refractivity contribution < 1.29 is 39.3 Å². The summed E-state index contributed by atoms with van der Waals surface area (Å²) >= 11 is 1.49. The van der Waals surface area contributed by atoms with Gasteiger partial charge in [0.15, 0.2) is 0 Å². The zero-order valence-corrected chi connectivity index (χ0v) is 21.9. The maximum atomic E-state index is 13.0. The molecule has 0 radical (unpaired) electrons. The highest BCUT2D eigenvalue weighted by atomic mass is 32.2. The van der Waals surface area contributed by atoms with E-state index in [1.54, 1.807) is 13.8 Å². The Bertz CT molecular complexity index is 941. The molecular weight excluding hydrogens is 504 g/mol. The van der Waals surface area contributed by atoms with Crippen LogP contribution in [-0.2, 0) is 30.4 Å². The Morgan fingerprint density at radius 3 is 2.00 bits per heavy atom. The van der Waals surface area contributed by atoms with Gasteiger partial charge in [0, 0.05) is 12.8 Å². The third-order valence-corrected chi connectivity index (χ3v) is 6.13. The molecule has 0 saturated heterocycles. The molecule has 1 rings (SSSR count). The molecule has 12 nitrogen and oxygen atoms in total. The number of hydrogen-bond donors (Lipinski definition) is 7. The lowest BCUT2D eigenvalue weighted by atomic mass is 10.00. The number of hydrogen-bond acceptors (Lipinski definition) is 8. The van der Waals surface area contributed by atoms with Crippen LogP contribution in [-0.4, -0.2) is 81.2 Å². The van der Waals surface area contributed by atoms with Crippen molar-refractivity contribution in [3.63, 3.8) is 0 Å². The smallest absolute Gasteiger partial charge is 0.326 e. The van der Waals surface area contributed by atoms with Crippen LogP contribution >= 0.6 is 11.8 Å². The van der Waals surface area contributed by atoms with Crippen LogP contribution in [0.5, 0.6) is 5.75 Å². The molecule has 0 aliphatic heterocycles. The minimum atomic E-state index is -1.31. The van der Waals surface area contributed by atoms with E-state index in [0.29, 0.717) is 17.7 Å². The van der Waals surface area contributed by atoms with Gasteiger partial charge in [-0.2, -0.15) is 11.8 Å². The molecule has 13 heteroatoms. The van der Waals surface area contributed by atoms with Gasteiger partial charge in [0.05, 0.1) is 6.04 Å². The fraction of sp³-hybridized carbons (Fsp3) is 0.542. The SMILES string of the molecule is CSCCC(N)C(=O)NC(CCC(=O)O)C(=O)NC(C(=O)NC(Cc1ccc(O)cc1)C(=O)O)C(C)C. The van der Waals surface area contributed by atoms with Crippen LogP contribution in [0.25, 0.3) is 0 Å². The van der Waals surface area contributed by atoms with Crippen LogP contribution in [0.15, 0.2) is 24.3 Å². The van der Waals surface area contributed by atoms with Crippen LogP contribution < -0.4 is 21.7 Å². The lowest BCUT2D eigenvalue weighted by Crippen LogP contribution is -2.58. The highest BCUT2D eigenvalue weighted by Crippen LogP contribution is 2.12. The molecule has 0 bridgehead atoms. The summed E-state index contributed by atoms with van der Waals surface area (Å²) in [6.07, 6.45) is 1.50. The molecule has 0 aliphatic rings. The zero-order valence-electron chi connectivity index (χ0n) is 21.1. The summed E-state index contributed by atoms with van der Waals surface area (Å²) in [5, 5.41) is 35.4. The first-order valence-corrected chi connectivity index (χ1v) is 13.1. The van der Waals surface area contributed by atoms with E-state index in [2.05, 4.69) is 16.0 Å². The molecule has 0 aliphatic carbocycles. The molecule has 4 atom stereocenters. The molecule has 8 N–H and O–H groups in total. The van der Waals surface area contributed by atoms with Crippen LogP contribution in [0, 0.1) is 5.92 Å². The number of aromatic hydroxyl groups is 1. The number of phenols is 1. The van der Waals surface area contributed by atoms with E-state index in [1.165, 1.54) is 36.0 Å². The fourth-order valence-corrected chi connectivity index (χ4v) is 3.80. The lowest BCUT2D eigenvalue weighted by molar-refractivity contribution is -0.142. The Balaban J connectivity index is 2.97. The first-order chi connectivity index (χ1) is 17.3. The van der Waals surface area contributed by atoms with Gasteiger partial charge in [0.1, 0.15) is 23.9 Å². The Morgan fingerprint density at radius 2 is 1.49 bits per heavy atom. The zero-order chi connectivity index (χ0) is 28.1. The molecular formula is C24H36N4O8S. The molecule has 3 amide bonds. The Labute approximate surface area is 219 Å². The number of carbonyl (C=O) groups is 5. The minimum absolute atomic E-state index is 0.0111. The molecule has 206 valence electrons. The van der Waals surface area contributed by atoms with Crippen molar-refractivity contribution in [2.45, 2.75) is 63.7 Å². The largest absolute Gasteiger partial charge is 0.508 e. The molecule has 1 aromatic rings. The van der Waals surface area contributed by atoms with Gasteiger partial charge in [0.25, 0.3) is 0 Å². The highest BCUT2D eigenvalue weighted by molar-refractivity contribution is 7.98. The summed E-state index contributed by atoms with van der Waals surface area (Å²) in [7, 11) is 0. The van der Waals surface area contributed by atoms with Gasteiger partial charge < -0.3 is 37.0 Å². The highest BCUT2D eigenvalue weighted by Gasteiger charge is 2.32. The topological polar surface area (TPSA) is 208 Å². The number of carboxylic acids is 2. The van der Waals surface area contributed by atoms with Crippen LogP contribution in [0.4, 0.5) is 0 Å². The average molecular weight is 541 g/mol. The number of carbonyl (C=O) groups excluding carboxylic acids is 3. The molecule has 0 fully saturated rings. The number of aliphatic carboxylic acids is 2. The fourth-order valence-electron chi connectivity index (χ4n) is 3.31.